The molecular formula is C18H20N6O2. The van der Waals surface area contributed by atoms with Crippen LogP contribution < -0.4 is 10.7 Å². The van der Waals surface area contributed by atoms with E-state index >= 15 is 0 Å². The molecule has 0 aliphatic carbocycles. The Morgan fingerprint density at radius 3 is 2.50 bits per heavy atom. The van der Waals surface area contributed by atoms with E-state index in [4.69, 9.17) is 4.84 Å². The van der Waals surface area contributed by atoms with Gasteiger partial charge >= 0.3 is 6.09 Å². The molecule has 0 saturated carbocycles. The van der Waals surface area contributed by atoms with E-state index in [1.807, 2.05) is 37.3 Å². The van der Waals surface area contributed by atoms with Gasteiger partial charge in [0.15, 0.2) is 5.65 Å². The molecule has 134 valence electrons. The summed E-state index contributed by atoms with van der Waals surface area (Å²) in [5.74, 6) is 0. The highest BCUT2D eigenvalue weighted by molar-refractivity contribution is 5.75. The number of aryl methyl sites for hydroxylation is 3. The van der Waals surface area contributed by atoms with E-state index < -0.39 is 6.09 Å². The molecule has 1 amide bonds. The number of carbonyl (C=O) groups is 1. The van der Waals surface area contributed by atoms with Crippen LogP contribution in [0.1, 0.15) is 24.0 Å². The highest BCUT2D eigenvalue weighted by atomic mass is 16.7. The van der Waals surface area contributed by atoms with Gasteiger partial charge in [-0.15, -0.1) is 0 Å². The summed E-state index contributed by atoms with van der Waals surface area (Å²) < 4.78 is 1.75. The van der Waals surface area contributed by atoms with Crippen molar-refractivity contribution in [3.8, 4) is 5.69 Å². The molecule has 2 heterocycles. The number of amides is 1. The maximum atomic E-state index is 11.5. The average Bonchev–Trinajstić information content (AvgIpc) is 2.85. The van der Waals surface area contributed by atoms with E-state index in [0.717, 1.165) is 11.4 Å². The van der Waals surface area contributed by atoms with E-state index in [9.17, 15) is 4.79 Å². The lowest BCUT2D eigenvalue weighted by Crippen LogP contribution is -2.23. The van der Waals surface area contributed by atoms with E-state index in [2.05, 4.69) is 25.5 Å². The number of benzene rings is 1. The molecule has 26 heavy (non-hydrogen) atoms. The van der Waals surface area contributed by atoms with Gasteiger partial charge in [-0.1, -0.05) is 23.4 Å². The second-order valence-electron chi connectivity index (χ2n) is 5.75. The van der Waals surface area contributed by atoms with Crippen molar-refractivity contribution >= 4 is 17.3 Å². The molecule has 0 aliphatic rings. The minimum atomic E-state index is -0.617. The summed E-state index contributed by atoms with van der Waals surface area (Å²) in [7, 11) is 0. The van der Waals surface area contributed by atoms with E-state index in [1.54, 1.807) is 25.5 Å². The number of para-hydroxylation sites is 1. The van der Waals surface area contributed by atoms with Gasteiger partial charge in [-0.2, -0.15) is 5.10 Å². The molecule has 3 aromatic rings. The van der Waals surface area contributed by atoms with Crippen molar-refractivity contribution in [2.45, 2.75) is 27.7 Å². The summed E-state index contributed by atoms with van der Waals surface area (Å²) in [6.07, 6.45) is -0.617. The second kappa shape index (κ2) is 7.30. The molecule has 0 aliphatic heterocycles. The standard InChI is InChI=1S/C18H20N6O2/c1-5-19-18(25)26-23-15-11(2)20-16-13(4)22-24(17(16)21-12(15)3)14-9-7-6-8-10-14/h6-10H,5H2,1-4H3,(H,19,25)/b23-15-. The van der Waals surface area contributed by atoms with Gasteiger partial charge in [0.05, 0.1) is 22.8 Å². The molecule has 8 nitrogen and oxygen atoms in total. The molecule has 0 bridgehead atoms. The second-order valence-corrected chi connectivity index (χ2v) is 5.75. The number of fused-ring (bicyclic) bond motifs is 1. The van der Waals surface area contributed by atoms with Crippen molar-refractivity contribution in [3.63, 3.8) is 0 Å². The zero-order valence-corrected chi connectivity index (χ0v) is 15.1. The average molecular weight is 352 g/mol. The van der Waals surface area contributed by atoms with Crippen LogP contribution in [0.15, 0.2) is 35.5 Å². The lowest BCUT2D eigenvalue weighted by molar-refractivity contribution is 0.146. The summed E-state index contributed by atoms with van der Waals surface area (Å²) in [5.41, 5.74) is 4.13. The van der Waals surface area contributed by atoms with Gasteiger partial charge in [-0.3, -0.25) is 4.84 Å². The van der Waals surface area contributed by atoms with Crippen LogP contribution in [0.4, 0.5) is 4.79 Å². The van der Waals surface area contributed by atoms with Crippen molar-refractivity contribution in [1.29, 1.82) is 0 Å². The Morgan fingerprint density at radius 2 is 1.81 bits per heavy atom. The number of nitrogens with one attached hydrogen (secondary N) is 1. The molecular weight excluding hydrogens is 332 g/mol. The Labute approximate surface area is 150 Å². The SMILES string of the molecule is CCNC(=O)O/N=c1/c(C)nc2c(C)nn(-c3ccccc3)c2nc1C. The van der Waals surface area contributed by atoms with Crippen LogP contribution >= 0.6 is 0 Å². The molecule has 0 unspecified atom stereocenters. The van der Waals surface area contributed by atoms with Gasteiger partial charge in [0, 0.05) is 6.54 Å². The molecule has 0 radical (unpaired) electrons. The van der Waals surface area contributed by atoms with Crippen LogP contribution in [0.5, 0.6) is 0 Å². The minimum Gasteiger partial charge on any atom is -0.320 e. The third kappa shape index (κ3) is 3.39. The molecule has 0 spiro atoms. The largest absolute Gasteiger partial charge is 0.433 e. The Hall–Kier alpha value is -3.29. The first-order valence-electron chi connectivity index (χ1n) is 8.30. The first-order valence-corrected chi connectivity index (χ1v) is 8.30. The summed E-state index contributed by atoms with van der Waals surface area (Å²) in [5, 5.41) is 11.4. The maximum absolute atomic E-state index is 11.5. The van der Waals surface area contributed by atoms with Crippen LogP contribution in [0.2, 0.25) is 0 Å². The highest BCUT2D eigenvalue weighted by Gasteiger charge is 2.13. The van der Waals surface area contributed by atoms with E-state index in [-0.39, 0.29) is 0 Å². The molecule has 1 aromatic carbocycles. The smallest absolute Gasteiger partial charge is 0.320 e. The van der Waals surface area contributed by atoms with Crippen LogP contribution in [-0.4, -0.2) is 32.4 Å². The van der Waals surface area contributed by atoms with Crippen LogP contribution in [0.3, 0.4) is 0 Å². The quantitative estimate of drug-likeness (QED) is 0.576. The molecule has 2 aromatic heterocycles. The fraction of sp³-hybridized carbons (Fsp3) is 0.278. The normalized spacial score (nSPS) is 11.6. The Morgan fingerprint density at radius 1 is 1.12 bits per heavy atom. The topological polar surface area (TPSA) is 94.3 Å². The molecule has 0 fully saturated rings. The molecule has 8 heteroatoms. The first kappa shape index (κ1) is 17.5. The van der Waals surface area contributed by atoms with Gasteiger partial charge in [-0.25, -0.2) is 19.4 Å². The Bertz CT molecular complexity index is 1030. The fourth-order valence-electron chi connectivity index (χ4n) is 2.58. The third-order valence-corrected chi connectivity index (χ3v) is 3.79. The van der Waals surface area contributed by atoms with E-state index in [1.165, 1.54) is 0 Å². The van der Waals surface area contributed by atoms with Crippen LogP contribution in [-0.2, 0) is 4.84 Å². The zero-order valence-electron chi connectivity index (χ0n) is 15.1. The van der Waals surface area contributed by atoms with Crippen molar-refractivity contribution in [2.75, 3.05) is 6.54 Å². The first-order chi connectivity index (χ1) is 12.5. The van der Waals surface area contributed by atoms with Gasteiger partial charge in [0.25, 0.3) is 0 Å². The van der Waals surface area contributed by atoms with Crippen molar-refractivity contribution in [2.24, 2.45) is 5.16 Å². The summed E-state index contributed by atoms with van der Waals surface area (Å²) in [6.45, 7) is 7.74. The number of hydrogen-bond donors (Lipinski definition) is 1. The van der Waals surface area contributed by atoms with Crippen molar-refractivity contribution < 1.29 is 9.63 Å². The minimum absolute atomic E-state index is 0.423. The third-order valence-electron chi connectivity index (χ3n) is 3.79. The van der Waals surface area contributed by atoms with Gasteiger partial charge in [0.2, 0.25) is 0 Å². The molecule has 1 N–H and O–H groups in total. The highest BCUT2D eigenvalue weighted by Crippen LogP contribution is 2.17. The lowest BCUT2D eigenvalue weighted by Gasteiger charge is -2.01. The predicted molar refractivity (Wildman–Crippen MR) is 96.6 cm³/mol. The van der Waals surface area contributed by atoms with Gasteiger partial charge in [-0.05, 0) is 39.8 Å². The number of hydrogen-bond acceptors (Lipinski definition) is 6. The van der Waals surface area contributed by atoms with Gasteiger partial charge < -0.3 is 5.32 Å². The maximum Gasteiger partial charge on any atom is 0.433 e. The zero-order chi connectivity index (χ0) is 18.7. The van der Waals surface area contributed by atoms with Crippen molar-refractivity contribution in [3.05, 3.63) is 52.8 Å². The summed E-state index contributed by atoms with van der Waals surface area (Å²) >= 11 is 0. The predicted octanol–water partition coefficient (Wildman–Crippen LogP) is 2.30. The Kier molecular flexibility index (Phi) is 4.92. The summed E-state index contributed by atoms with van der Waals surface area (Å²) in [4.78, 5) is 25.7. The number of aromatic nitrogens is 4. The molecule has 0 saturated heterocycles. The van der Waals surface area contributed by atoms with E-state index in [0.29, 0.717) is 34.5 Å². The summed E-state index contributed by atoms with van der Waals surface area (Å²) in [6, 6.07) is 9.72. The number of carbonyl (C=O) groups excluding carboxylic acids is 1. The lowest BCUT2D eigenvalue weighted by atomic mass is 10.3. The number of nitrogens with zero attached hydrogens (tertiary/aromatic N) is 5. The molecule has 3 rings (SSSR count). The fourth-order valence-corrected chi connectivity index (χ4v) is 2.58. The Balaban J connectivity index is 2.20. The molecule has 0 atom stereocenters. The van der Waals surface area contributed by atoms with Crippen molar-refractivity contribution in [1.82, 2.24) is 25.1 Å². The van der Waals surface area contributed by atoms with Gasteiger partial charge in [0.1, 0.15) is 10.9 Å². The van der Waals surface area contributed by atoms with Crippen LogP contribution in [0, 0.1) is 20.8 Å². The number of rotatable bonds is 3. The van der Waals surface area contributed by atoms with Crippen LogP contribution in [0.25, 0.3) is 16.9 Å². The monoisotopic (exact) mass is 352 g/mol.